The normalized spacial score (nSPS) is 20.2. The second-order valence-electron chi connectivity index (χ2n) is 6.37. The van der Waals surface area contributed by atoms with Crippen LogP contribution in [0.4, 0.5) is 4.39 Å². The number of ether oxygens (including phenoxy) is 2. The van der Waals surface area contributed by atoms with Gasteiger partial charge < -0.3 is 9.47 Å². The number of hydrogen-bond acceptors (Lipinski definition) is 4. The number of nitrogens with zero attached hydrogens (tertiary/aromatic N) is 1. The summed E-state index contributed by atoms with van der Waals surface area (Å²) in [5.41, 5.74) is 1.37. The molecular weight excluding hydrogens is 345 g/mol. The van der Waals surface area contributed by atoms with Crippen LogP contribution in [0, 0.1) is 12.7 Å². The van der Waals surface area contributed by atoms with Crippen molar-refractivity contribution in [2.75, 3.05) is 19.9 Å². The Hall–Kier alpha value is -2.12. The van der Waals surface area contributed by atoms with Gasteiger partial charge in [-0.15, -0.1) is 0 Å². The Morgan fingerprint density at radius 2 is 1.92 bits per heavy atom. The Balaban J connectivity index is 1.56. The zero-order chi connectivity index (χ0) is 17.6. The number of benzene rings is 2. The van der Waals surface area contributed by atoms with Crippen molar-refractivity contribution < 1.29 is 22.3 Å². The first kappa shape index (κ1) is 16.4. The van der Waals surface area contributed by atoms with E-state index < -0.39 is 15.8 Å². The summed E-state index contributed by atoms with van der Waals surface area (Å²) in [6, 6.07) is 9.65. The molecule has 25 heavy (non-hydrogen) atoms. The van der Waals surface area contributed by atoms with Gasteiger partial charge in [-0.05, 0) is 60.7 Å². The SMILES string of the molecule is Cc1cc(S(=O)(=O)N2CC[C@H](c3ccc4c(c3)OCO4)C2)ccc1F. The maximum atomic E-state index is 13.4. The third kappa shape index (κ3) is 2.87. The fourth-order valence-electron chi connectivity index (χ4n) is 3.31. The minimum Gasteiger partial charge on any atom is -0.454 e. The number of sulfonamides is 1. The summed E-state index contributed by atoms with van der Waals surface area (Å²) < 4.78 is 51.2. The van der Waals surface area contributed by atoms with Crippen LogP contribution in [0.2, 0.25) is 0 Å². The molecule has 0 aliphatic carbocycles. The molecule has 4 rings (SSSR count). The van der Waals surface area contributed by atoms with E-state index in [0.717, 1.165) is 12.0 Å². The van der Waals surface area contributed by atoms with E-state index in [1.807, 2.05) is 18.2 Å². The molecule has 5 nitrogen and oxygen atoms in total. The summed E-state index contributed by atoms with van der Waals surface area (Å²) in [6.07, 6.45) is 0.735. The minimum atomic E-state index is -3.62. The van der Waals surface area contributed by atoms with Crippen molar-refractivity contribution in [2.24, 2.45) is 0 Å². The van der Waals surface area contributed by atoms with E-state index in [9.17, 15) is 12.8 Å². The Morgan fingerprint density at radius 3 is 2.72 bits per heavy atom. The first-order valence-electron chi connectivity index (χ1n) is 8.11. The minimum absolute atomic E-state index is 0.103. The van der Waals surface area contributed by atoms with Crippen molar-refractivity contribution in [1.29, 1.82) is 0 Å². The van der Waals surface area contributed by atoms with Gasteiger partial charge in [-0.1, -0.05) is 6.07 Å². The van der Waals surface area contributed by atoms with Crippen LogP contribution in [-0.4, -0.2) is 32.6 Å². The third-order valence-corrected chi connectivity index (χ3v) is 6.65. The van der Waals surface area contributed by atoms with Crippen LogP contribution in [0.15, 0.2) is 41.3 Å². The van der Waals surface area contributed by atoms with Crippen LogP contribution in [0.25, 0.3) is 0 Å². The summed E-state index contributed by atoms with van der Waals surface area (Å²) in [7, 11) is -3.62. The largest absolute Gasteiger partial charge is 0.454 e. The van der Waals surface area contributed by atoms with E-state index >= 15 is 0 Å². The number of aryl methyl sites for hydroxylation is 1. The molecule has 0 unspecified atom stereocenters. The van der Waals surface area contributed by atoms with Gasteiger partial charge in [0.2, 0.25) is 16.8 Å². The topological polar surface area (TPSA) is 55.8 Å². The van der Waals surface area contributed by atoms with Gasteiger partial charge in [0.25, 0.3) is 0 Å². The molecule has 0 radical (unpaired) electrons. The highest BCUT2D eigenvalue weighted by Crippen LogP contribution is 2.38. The molecule has 0 N–H and O–H groups in total. The Bertz CT molecular complexity index is 929. The standard InChI is InChI=1S/C18H18FNO4S/c1-12-8-15(3-4-16(12)19)25(21,22)20-7-6-14(10-20)13-2-5-17-18(9-13)24-11-23-17/h2-5,8-9,14H,6-7,10-11H2,1H3/t14-/m0/s1. The molecule has 1 atom stereocenters. The predicted molar refractivity (Wildman–Crippen MR) is 89.8 cm³/mol. The Labute approximate surface area is 146 Å². The van der Waals surface area contributed by atoms with Crippen LogP contribution < -0.4 is 9.47 Å². The quantitative estimate of drug-likeness (QED) is 0.841. The maximum absolute atomic E-state index is 13.4. The van der Waals surface area contributed by atoms with Crippen molar-refractivity contribution in [2.45, 2.75) is 24.2 Å². The summed E-state index contributed by atoms with van der Waals surface area (Å²) >= 11 is 0. The molecule has 2 aliphatic rings. The lowest BCUT2D eigenvalue weighted by atomic mass is 9.98. The van der Waals surface area contributed by atoms with E-state index in [1.54, 1.807) is 6.92 Å². The number of hydrogen-bond donors (Lipinski definition) is 0. The van der Waals surface area contributed by atoms with Crippen molar-refractivity contribution in [3.8, 4) is 11.5 Å². The van der Waals surface area contributed by atoms with E-state index in [1.165, 1.54) is 22.5 Å². The van der Waals surface area contributed by atoms with Gasteiger partial charge in [-0.25, -0.2) is 12.8 Å². The van der Waals surface area contributed by atoms with E-state index in [2.05, 4.69) is 0 Å². The van der Waals surface area contributed by atoms with Gasteiger partial charge in [0, 0.05) is 13.1 Å². The molecular formula is C18H18FNO4S. The monoisotopic (exact) mass is 363 g/mol. The van der Waals surface area contributed by atoms with Gasteiger partial charge in [-0.2, -0.15) is 4.31 Å². The second kappa shape index (κ2) is 6.00. The van der Waals surface area contributed by atoms with E-state index in [-0.39, 0.29) is 17.6 Å². The first-order valence-corrected chi connectivity index (χ1v) is 9.55. The lowest BCUT2D eigenvalue weighted by Crippen LogP contribution is -2.28. The second-order valence-corrected chi connectivity index (χ2v) is 8.31. The molecule has 0 aromatic heterocycles. The fourth-order valence-corrected chi connectivity index (χ4v) is 4.90. The van der Waals surface area contributed by atoms with Crippen molar-refractivity contribution in [3.05, 3.63) is 53.3 Å². The van der Waals surface area contributed by atoms with Gasteiger partial charge in [0.05, 0.1) is 4.90 Å². The van der Waals surface area contributed by atoms with Gasteiger partial charge >= 0.3 is 0 Å². The molecule has 7 heteroatoms. The maximum Gasteiger partial charge on any atom is 0.243 e. The smallest absolute Gasteiger partial charge is 0.243 e. The lowest BCUT2D eigenvalue weighted by Gasteiger charge is -2.17. The van der Waals surface area contributed by atoms with Crippen LogP contribution in [0.5, 0.6) is 11.5 Å². The Morgan fingerprint density at radius 1 is 1.12 bits per heavy atom. The summed E-state index contributed by atoms with van der Waals surface area (Å²) in [4.78, 5) is 0.137. The lowest BCUT2D eigenvalue weighted by molar-refractivity contribution is 0.174. The summed E-state index contributed by atoms with van der Waals surface area (Å²) in [5.74, 6) is 1.12. The average molecular weight is 363 g/mol. The fraction of sp³-hybridized carbons (Fsp3) is 0.333. The average Bonchev–Trinajstić information content (AvgIpc) is 3.25. The molecule has 0 amide bonds. The molecule has 0 bridgehead atoms. The number of halogens is 1. The molecule has 0 saturated carbocycles. The summed E-state index contributed by atoms with van der Waals surface area (Å²) in [6.45, 7) is 2.62. The first-order chi connectivity index (χ1) is 11.9. The Kier molecular flexibility index (Phi) is 3.92. The molecule has 0 spiro atoms. The summed E-state index contributed by atoms with van der Waals surface area (Å²) in [5, 5.41) is 0. The van der Waals surface area contributed by atoms with Crippen LogP contribution in [0.3, 0.4) is 0 Å². The zero-order valence-corrected chi connectivity index (χ0v) is 14.6. The molecule has 2 heterocycles. The van der Waals surface area contributed by atoms with Gasteiger partial charge in [0.15, 0.2) is 11.5 Å². The zero-order valence-electron chi connectivity index (χ0n) is 13.7. The van der Waals surface area contributed by atoms with E-state index in [4.69, 9.17) is 9.47 Å². The van der Waals surface area contributed by atoms with Crippen LogP contribution in [-0.2, 0) is 10.0 Å². The highest BCUT2D eigenvalue weighted by atomic mass is 32.2. The highest BCUT2D eigenvalue weighted by molar-refractivity contribution is 7.89. The van der Waals surface area contributed by atoms with Crippen LogP contribution in [0.1, 0.15) is 23.5 Å². The molecule has 132 valence electrons. The third-order valence-electron chi connectivity index (χ3n) is 4.79. The molecule has 1 fully saturated rings. The number of fused-ring (bicyclic) bond motifs is 1. The molecule has 2 aliphatic heterocycles. The molecule has 1 saturated heterocycles. The van der Waals surface area contributed by atoms with Crippen LogP contribution >= 0.6 is 0 Å². The number of rotatable bonds is 3. The van der Waals surface area contributed by atoms with Crippen molar-refractivity contribution in [3.63, 3.8) is 0 Å². The van der Waals surface area contributed by atoms with Gasteiger partial charge in [0.1, 0.15) is 5.82 Å². The van der Waals surface area contributed by atoms with Gasteiger partial charge in [-0.3, -0.25) is 0 Å². The van der Waals surface area contributed by atoms with E-state index in [0.29, 0.717) is 30.2 Å². The highest BCUT2D eigenvalue weighted by Gasteiger charge is 2.34. The van der Waals surface area contributed by atoms with Crippen molar-refractivity contribution in [1.82, 2.24) is 4.31 Å². The molecule has 2 aromatic carbocycles. The molecule has 2 aromatic rings. The van der Waals surface area contributed by atoms with Crippen molar-refractivity contribution >= 4 is 10.0 Å². The predicted octanol–water partition coefficient (Wildman–Crippen LogP) is 3.04.